The van der Waals surface area contributed by atoms with E-state index in [1.165, 1.54) is 11.3 Å². The normalized spacial score (nSPS) is 11.0. The van der Waals surface area contributed by atoms with E-state index in [9.17, 15) is 4.79 Å². The van der Waals surface area contributed by atoms with Crippen LogP contribution in [0.2, 0.25) is 0 Å². The van der Waals surface area contributed by atoms with E-state index in [4.69, 9.17) is 0 Å². The van der Waals surface area contributed by atoms with Crippen molar-refractivity contribution in [1.82, 2.24) is 4.98 Å². The van der Waals surface area contributed by atoms with Gasteiger partial charge in [0.1, 0.15) is 0 Å². The highest BCUT2D eigenvalue weighted by molar-refractivity contribution is 7.08. The Morgan fingerprint density at radius 2 is 2.05 bits per heavy atom. The van der Waals surface area contributed by atoms with E-state index in [1.807, 2.05) is 61.0 Å². The molecule has 0 radical (unpaired) electrons. The molecule has 0 aliphatic carbocycles. The lowest BCUT2D eigenvalue weighted by molar-refractivity contribution is 0.0980. The number of benzene rings is 1. The first-order valence-electron chi connectivity index (χ1n) is 6.87. The van der Waals surface area contributed by atoms with Gasteiger partial charge in [-0.1, -0.05) is 18.2 Å². The Balaban J connectivity index is 2.05. The zero-order valence-electron chi connectivity index (χ0n) is 12.0. The largest absolute Gasteiger partial charge is 0.304 e. The molecule has 0 N–H and O–H groups in total. The Bertz CT molecular complexity index is 765. The Morgan fingerprint density at radius 3 is 2.76 bits per heavy atom. The first kappa shape index (κ1) is 13.8. The number of carbonyl (C=O) groups excluding carboxylic acids is 1. The van der Waals surface area contributed by atoms with Crippen molar-refractivity contribution in [3.8, 4) is 0 Å². The minimum atomic E-state index is 0.0170. The van der Waals surface area contributed by atoms with Gasteiger partial charge in [0.15, 0.2) is 0 Å². The van der Waals surface area contributed by atoms with Crippen LogP contribution in [0.5, 0.6) is 0 Å². The average molecular weight is 296 g/mol. The van der Waals surface area contributed by atoms with E-state index in [2.05, 4.69) is 4.98 Å². The van der Waals surface area contributed by atoms with Gasteiger partial charge in [-0.25, -0.2) is 0 Å². The Hall–Kier alpha value is -2.20. The maximum Gasteiger partial charge on any atom is 0.259 e. The second kappa shape index (κ2) is 5.66. The van der Waals surface area contributed by atoms with E-state index in [-0.39, 0.29) is 11.9 Å². The van der Waals surface area contributed by atoms with Gasteiger partial charge >= 0.3 is 0 Å². The van der Waals surface area contributed by atoms with E-state index in [0.29, 0.717) is 0 Å². The molecule has 3 rings (SSSR count). The van der Waals surface area contributed by atoms with Gasteiger partial charge in [0.25, 0.3) is 5.91 Å². The van der Waals surface area contributed by atoms with Crippen molar-refractivity contribution in [1.29, 1.82) is 0 Å². The van der Waals surface area contributed by atoms with Crippen molar-refractivity contribution in [3.05, 3.63) is 58.9 Å². The molecular formula is C17H16N2OS. The van der Waals surface area contributed by atoms with Crippen molar-refractivity contribution in [2.75, 3.05) is 4.90 Å². The van der Waals surface area contributed by atoms with Crippen LogP contribution < -0.4 is 4.90 Å². The standard InChI is InChI=1S/C17H16N2OS/c1-12(2)19(17(20)14-7-8-21-11-14)15-9-13-5-3-4-6-16(13)18-10-15/h3-12H,1-2H3. The number of amides is 1. The fourth-order valence-electron chi connectivity index (χ4n) is 2.37. The molecule has 0 aliphatic rings. The van der Waals surface area contributed by atoms with E-state index in [0.717, 1.165) is 22.2 Å². The molecule has 4 heteroatoms. The number of carbonyl (C=O) groups is 1. The summed E-state index contributed by atoms with van der Waals surface area (Å²) in [7, 11) is 0. The van der Waals surface area contributed by atoms with Gasteiger partial charge in [-0.2, -0.15) is 11.3 Å². The molecule has 3 aromatic rings. The molecule has 1 aromatic carbocycles. The number of rotatable bonds is 3. The summed E-state index contributed by atoms with van der Waals surface area (Å²) in [6.07, 6.45) is 1.77. The Labute approximate surface area is 127 Å². The maximum absolute atomic E-state index is 12.7. The first-order valence-corrected chi connectivity index (χ1v) is 7.81. The van der Waals surface area contributed by atoms with Crippen LogP contribution in [-0.4, -0.2) is 16.9 Å². The summed E-state index contributed by atoms with van der Waals surface area (Å²) in [5.41, 5.74) is 2.50. The fourth-order valence-corrected chi connectivity index (χ4v) is 3.00. The molecule has 1 amide bonds. The predicted molar refractivity (Wildman–Crippen MR) is 88.0 cm³/mol. The van der Waals surface area contributed by atoms with Crippen LogP contribution in [0.3, 0.4) is 0 Å². The van der Waals surface area contributed by atoms with Gasteiger partial charge in [-0.05, 0) is 37.4 Å². The van der Waals surface area contributed by atoms with E-state index < -0.39 is 0 Å². The van der Waals surface area contributed by atoms with Crippen molar-refractivity contribution in [2.24, 2.45) is 0 Å². The molecule has 0 aliphatic heterocycles. The summed E-state index contributed by atoms with van der Waals surface area (Å²) >= 11 is 1.53. The van der Waals surface area contributed by atoms with Gasteiger partial charge < -0.3 is 4.90 Å². The maximum atomic E-state index is 12.7. The third-order valence-corrected chi connectivity index (χ3v) is 4.04. The second-order valence-corrected chi connectivity index (χ2v) is 5.95. The molecule has 21 heavy (non-hydrogen) atoms. The fraction of sp³-hybridized carbons (Fsp3) is 0.176. The van der Waals surface area contributed by atoms with Gasteiger partial charge in [-0.15, -0.1) is 0 Å². The highest BCUT2D eigenvalue weighted by atomic mass is 32.1. The predicted octanol–water partition coefficient (Wildman–Crippen LogP) is 4.35. The van der Waals surface area contributed by atoms with Crippen LogP contribution in [0.1, 0.15) is 24.2 Å². The van der Waals surface area contributed by atoms with Crippen LogP contribution in [0.15, 0.2) is 53.4 Å². The SMILES string of the molecule is CC(C)N(C(=O)c1ccsc1)c1cnc2ccccc2c1. The number of fused-ring (bicyclic) bond motifs is 1. The molecule has 0 bridgehead atoms. The molecule has 0 atom stereocenters. The summed E-state index contributed by atoms with van der Waals surface area (Å²) < 4.78 is 0. The van der Waals surface area contributed by atoms with Crippen molar-refractivity contribution >= 4 is 33.8 Å². The van der Waals surface area contributed by atoms with Gasteiger partial charge in [0, 0.05) is 16.8 Å². The summed E-state index contributed by atoms with van der Waals surface area (Å²) in [5, 5.41) is 4.84. The third-order valence-electron chi connectivity index (χ3n) is 3.36. The van der Waals surface area contributed by atoms with Crippen LogP contribution in [0.4, 0.5) is 5.69 Å². The molecule has 0 saturated heterocycles. The van der Waals surface area contributed by atoms with Crippen LogP contribution in [0, 0.1) is 0 Å². The molecule has 2 aromatic heterocycles. The van der Waals surface area contributed by atoms with E-state index >= 15 is 0 Å². The monoisotopic (exact) mass is 296 g/mol. The zero-order chi connectivity index (χ0) is 14.8. The lowest BCUT2D eigenvalue weighted by Crippen LogP contribution is -2.36. The highest BCUT2D eigenvalue weighted by Gasteiger charge is 2.21. The number of aromatic nitrogens is 1. The summed E-state index contributed by atoms with van der Waals surface area (Å²) in [5.74, 6) is 0.0170. The molecule has 3 nitrogen and oxygen atoms in total. The Morgan fingerprint density at radius 1 is 1.24 bits per heavy atom. The van der Waals surface area contributed by atoms with Gasteiger partial charge in [-0.3, -0.25) is 9.78 Å². The number of anilines is 1. The molecule has 0 saturated carbocycles. The lowest BCUT2D eigenvalue weighted by atomic mass is 10.1. The summed E-state index contributed by atoms with van der Waals surface area (Å²) in [6.45, 7) is 4.03. The molecule has 106 valence electrons. The number of hydrogen-bond acceptors (Lipinski definition) is 3. The Kier molecular flexibility index (Phi) is 3.71. The highest BCUT2D eigenvalue weighted by Crippen LogP contribution is 2.24. The molecular weight excluding hydrogens is 280 g/mol. The number of para-hydroxylation sites is 1. The molecule has 0 spiro atoms. The minimum absolute atomic E-state index is 0.0170. The van der Waals surface area contributed by atoms with Crippen molar-refractivity contribution < 1.29 is 4.79 Å². The first-order chi connectivity index (χ1) is 10.2. The van der Waals surface area contributed by atoms with Crippen molar-refractivity contribution in [2.45, 2.75) is 19.9 Å². The number of hydrogen-bond donors (Lipinski definition) is 0. The quantitative estimate of drug-likeness (QED) is 0.720. The van der Waals surface area contributed by atoms with Crippen LogP contribution >= 0.6 is 11.3 Å². The number of nitrogens with zero attached hydrogens (tertiary/aromatic N) is 2. The zero-order valence-corrected chi connectivity index (χ0v) is 12.8. The summed E-state index contributed by atoms with van der Waals surface area (Å²) in [6, 6.07) is 11.9. The average Bonchev–Trinajstić information content (AvgIpc) is 3.01. The smallest absolute Gasteiger partial charge is 0.259 e. The number of thiophene rings is 1. The van der Waals surface area contributed by atoms with Gasteiger partial charge in [0.05, 0.1) is 23.0 Å². The lowest BCUT2D eigenvalue weighted by Gasteiger charge is -2.26. The van der Waals surface area contributed by atoms with Crippen molar-refractivity contribution in [3.63, 3.8) is 0 Å². The minimum Gasteiger partial charge on any atom is -0.304 e. The molecule has 0 unspecified atom stereocenters. The van der Waals surface area contributed by atoms with E-state index in [1.54, 1.807) is 11.1 Å². The van der Waals surface area contributed by atoms with Crippen LogP contribution in [0.25, 0.3) is 10.9 Å². The second-order valence-electron chi connectivity index (χ2n) is 5.17. The molecule has 0 fully saturated rings. The van der Waals surface area contributed by atoms with Crippen LogP contribution in [-0.2, 0) is 0 Å². The summed E-state index contributed by atoms with van der Waals surface area (Å²) in [4.78, 5) is 18.9. The molecule has 2 heterocycles. The topological polar surface area (TPSA) is 33.2 Å². The third kappa shape index (κ3) is 2.67. The number of pyridine rings is 1. The van der Waals surface area contributed by atoms with Gasteiger partial charge in [0.2, 0.25) is 0 Å².